The number of para-hydroxylation sites is 7. The summed E-state index contributed by atoms with van der Waals surface area (Å²) in [6, 6.07) is 65.8. The van der Waals surface area contributed by atoms with Crippen LogP contribution < -0.4 is 4.90 Å². The summed E-state index contributed by atoms with van der Waals surface area (Å²) in [6.45, 7) is 0.714. The highest BCUT2D eigenvalue weighted by Crippen LogP contribution is 2.57. The van der Waals surface area contributed by atoms with Gasteiger partial charge in [0.25, 0.3) is 0 Å². The van der Waals surface area contributed by atoms with Crippen LogP contribution in [0.2, 0.25) is 0 Å². The lowest BCUT2D eigenvalue weighted by atomic mass is 9.88. The minimum absolute atomic E-state index is 0.109. The standard InChI is InChI=1S/C58H42N6/c59-36-44-54(62-47-25-9-2-18-38(47)39-19-3-10-26-48(39)62)45(37-60)56(64-51-29-13-6-22-42(51)43-23-7-14-30-52(43)64)57(55(44)63-49-27-11-4-20-40(49)41-21-5-12-28-50(41)63)61-35-17-1-16-32-58(33-34-58)46-24-8-15-31-53(46)61/h2-15,18-31H,1,16-17,32-35H2. The fourth-order valence-corrected chi connectivity index (χ4v) is 11.5. The lowest BCUT2D eigenvalue weighted by Crippen LogP contribution is -2.26. The maximum atomic E-state index is 12.2. The normalized spacial score (nSPS) is 14.8. The molecule has 13 rings (SSSR count). The predicted molar refractivity (Wildman–Crippen MR) is 262 cm³/mol. The van der Waals surface area contributed by atoms with Crippen molar-refractivity contribution < 1.29 is 0 Å². The van der Waals surface area contributed by atoms with Gasteiger partial charge in [-0.25, -0.2) is 0 Å². The molecule has 1 aliphatic carbocycles. The zero-order chi connectivity index (χ0) is 42.5. The third-order valence-electron chi connectivity index (χ3n) is 14.5. The van der Waals surface area contributed by atoms with Crippen molar-refractivity contribution in [1.29, 1.82) is 10.5 Å². The molecule has 1 fully saturated rings. The molecule has 1 aliphatic heterocycles. The van der Waals surface area contributed by atoms with E-state index in [4.69, 9.17) is 0 Å². The van der Waals surface area contributed by atoms with E-state index in [0.29, 0.717) is 23.4 Å². The molecule has 304 valence electrons. The Morgan fingerprint density at radius 1 is 0.359 bits per heavy atom. The number of rotatable bonds is 4. The molecule has 1 saturated carbocycles. The Hall–Kier alpha value is -8.06. The third kappa shape index (κ3) is 5.05. The van der Waals surface area contributed by atoms with Crippen LogP contribution >= 0.6 is 0 Å². The zero-order valence-corrected chi connectivity index (χ0v) is 35.3. The van der Waals surface area contributed by atoms with Gasteiger partial charge < -0.3 is 18.6 Å². The second-order valence-electron chi connectivity index (χ2n) is 17.7. The van der Waals surface area contributed by atoms with E-state index in [1.807, 2.05) is 0 Å². The zero-order valence-electron chi connectivity index (χ0n) is 35.3. The van der Waals surface area contributed by atoms with Crippen molar-refractivity contribution in [1.82, 2.24) is 13.7 Å². The first-order valence-electron chi connectivity index (χ1n) is 22.6. The maximum absolute atomic E-state index is 12.2. The molecule has 4 heterocycles. The second-order valence-corrected chi connectivity index (χ2v) is 17.7. The second kappa shape index (κ2) is 14.0. The summed E-state index contributed by atoms with van der Waals surface area (Å²) in [6.07, 6.45) is 6.71. The summed E-state index contributed by atoms with van der Waals surface area (Å²) in [5, 5.41) is 31.0. The number of benzene rings is 8. The molecule has 0 saturated heterocycles. The van der Waals surface area contributed by atoms with Crippen LogP contribution in [0.3, 0.4) is 0 Å². The molecule has 6 nitrogen and oxygen atoms in total. The molecule has 3 aromatic heterocycles. The maximum Gasteiger partial charge on any atom is 0.104 e. The highest BCUT2D eigenvalue weighted by molar-refractivity contribution is 6.14. The van der Waals surface area contributed by atoms with Crippen LogP contribution in [0.5, 0.6) is 0 Å². The van der Waals surface area contributed by atoms with Crippen molar-refractivity contribution in [3.05, 3.63) is 187 Å². The first-order valence-corrected chi connectivity index (χ1v) is 22.6. The number of nitriles is 2. The molecular weight excluding hydrogens is 781 g/mol. The Morgan fingerprint density at radius 3 is 1.11 bits per heavy atom. The lowest BCUT2D eigenvalue weighted by molar-refractivity contribution is 0.560. The number of aromatic nitrogens is 3. The van der Waals surface area contributed by atoms with Crippen LogP contribution in [0.25, 0.3) is 82.5 Å². The van der Waals surface area contributed by atoms with Gasteiger partial charge in [0, 0.05) is 44.5 Å². The van der Waals surface area contributed by atoms with E-state index < -0.39 is 0 Å². The first kappa shape index (κ1) is 36.6. The molecule has 0 bridgehead atoms. The smallest absolute Gasteiger partial charge is 0.104 e. The number of anilines is 2. The Labute approximate surface area is 370 Å². The number of hydrogen-bond acceptors (Lipinski definition) is 3. The largest absolute Gasteiger partial charge is 0.338 e. The molecule has 1 spiro atoms. The summed E-state index contributed by atoms with van der Waals surface area (Å²) in [4.78, 5) is 2.52. The molecule has 0 atom stereocenters. The van der Waals surface area contributed by atoms with Gasteiger partial charge in [-0.3, -0.25) is 0 Å². The van der Waals surface area contributed by atoms with Crippen molar-refractivity contribution in [2.24, 2.45) is 0 Å². The number of fused-ring (bicyclic) bond motifs is 11. The van der Waals surface area contributed by atoms with E-state index in [2.05, 4.69) is 201 Å². The Bertz CT molecular complexity index is 3510. The first-order chi connectivity index (χ1) is 31.7. The van der Waals surface area contributed by atoms with Gasteiger partial charge in [-0.05, 0) is 79.1 Å². The highest BCUT2D eigenvalue weighted by Gasteiger charge is 2.46. The van der Waals surface area contributed by atoms with Gasteiger partial charge in [0.05, 0.1) is 55.8 Å². The Balaban J connectivity index is 1.34. The van der Waals surface area contributed by atoms with Gasteiger partial charge in [-0.15, -0.1) is 0 Å². The summed E-state index contributed by atoms with van der Waals surface area (Å²) in [7, 11) is 0. The lowest BCUT2D eigenvalue weighted by Gasteiger charge is -2.35. The minimum atomic E-state index is 0.109. The van der Waals surface area contributed by atoms with Crippen LogP contribution in [0.4, 0.5) is 11.4 Å². The van der Waals surface area contributed by atoms with Gasteiger partial charge in [0.1, 0.15) is 23.3 Å². The van der Waals surface area contributed by atoms with Crippen LogP contribution in [-0.4, -0.2) is 20.2 Å². The van der Waals surface area contributed by atoms with Crippen molar-refractivity contribution in [3.63, 3.8) is 0 Å². The van der Waals surface area contributed by atoms with Gasteiger partial charge in [0.15, 0.2) is 0 Å². The minimum Gasteiger partial charge on any atom is -0.338 e. The molecule has 2 aliphatic rings. The number of hydrogen-bond donors (Lipinski definition) is 0. The van der Waals surface area contributed by atoms with Gasteiger partial charge >= 0.3 is 0 Å². The van der Waals surface area contributed by atoms with Crippen LogP contribution in [0.1, 0.15) is 55.2 Å². The average molecular weight is 823 g/mol. The van der Waals surface area contributed by atoms with Crippen molar-refractivity contribution in [2.75, 3.05) is 11.4 Å². The van der Waals surface area contributed by atoms with E-state index in [1.165, 1.54) is 12.0 Å². The van der Waals surface area contributed by atoms with E-state index in [0.717, 1.165) is 120 Å². The summed E-state index contributed by atoms with van der Waals surface area (Å²) >= 11 is 0. The fourth-order valence-electron chi connectivity index (χ4n) is 11.5. The summed E-state index contributed by atoms with van der Waals surface area (Å²) in [5.74, 6) is 0. The van der Waals surface area contributed by atoms with E-state index >= 15 is 0 Å². The monoisotopic (exact) mass is 822 g/mol. The van der Waals surface area contributed by atoms with Crippen LogP contribution in [-0.2, 0) is 5.41 Å². The van der Waals surface area contributed by atoms with Crippen molar-refractivity contribution >= 4 is 76.8 Å². The molecule has 8 aromatic carbocycles. The van der Waals surface area contributed by atoms with Crippen LogP contribution in [0, 0.1) is 22.7 Å². The van der Waals surface area contributed by atoms with Gasteiger partial charge in [0.2, 0.25) is 0 Å². The third-order valence-corrected chi connectivity index (χ3v) is 14.5. The average Bonchev–Trinajstić information content (AvgIpc) is 3.80. The van der Waals surface area contributed by atoms with E-state index in [1.54, 1.807) is 0 Å². The molecule has 6 heteroatoms. The number of nitrogens with zero attached hydrogens (tertiary/aromatic N) is 6. The van der Waals surface area contributed by atoms with E-state index in [-0.39, 0.29) is 5.41 Å². The molecule has 64 heavy (non-hydrogen) atoms. The van der Waals surface area contributed by atoms with Gasteiger partial charge in [-0.1, -0.05) is 140 Å². The molecular formula is C58H42N6. The molecule has 0 unspecified atom stereocenters. The molecule has 11 aromatic rings. The Morgan fingerprint density at radius 2 is 0.719 bits per heavy atom. The highest BCUT2D eigenvalue weighted by atomic mass is 15.2. The Kier molecular flexibility index (Phi) is 7.99. The summed E-state index contributed by atoms with van der Waals surface area (Å²) < 4.78 is 6.89. The molecule has 0 radical (unpaired) electrons. The predicted octanol–water partition coefficient (Wildman–Crippen LogP) is 14.5. The SMILES string of the molecule is N#Cc1c(-n2c3ccccc3c3ccccc32)c(C#N)c(-n2c3ccccc3c3ccccc32)c(N2CCCCCC3(CC3)c3ccccc32)c1-n1c2ccccc2c2ccccc21. The van der Waals surface area contributed by atoms with Crippen molar-refractivity contribution in [3.8, 4) is 29.2 Å². The quantitative estimate of drug-likeness (QED) is 0.178. The fraction of sp³-hybridized carbons (Fsp3) is 0.138. The van der Waals surface area contributed by atoms with Crippen LogP contribution in [0.15, 0.2) is 170 Å². The van der Waals surface area contributed by atoms with Gasteiger partial charge in [-0.2, -0.15) is 10.5 Å². The van der Waals surface area contributed by atoms with E-state index in [9.17, 15) is 10.5 Å². The molecule has 0 amide bonds. The topological polar surface area (TPSA) is 65.6 Å². The van der Waals surface area contributed by atoms with Crippen molar-refractivity contribution in [2.45, 2.75) is 43.9 Å². The molecule has 0 N–H and O–H groups in total. The summed E-state index contributed by atoms with van der Waals surface area (Å²) in [5.41, 5.74) is 12.4.